The maximum atomic E-state index is 5.91. The predicted octanol–water partition coefficient (Wildman–Crippen LogP) is 4.56. The van der Waals surface area contributed by atoms with Crippen molar-refractivity contribution in [3.05, 3.63) is 51.7 Å². The minimum absolute atomic E-state index is 0. The van der Waals surface area contributed by atoms with Crippen molar-refractivity contribution in [2.45, 2.75) is 33.2 Å². The van der Waals surface area contributed by atoms with Crippen LogP contribution in [0, 0.1) is 6.92 Å². The summed E-state index contributed by atoms with van der Waals surface area (Å²) < 4.78 is 11.3. The first-order valence-corrected chi connectivity index (χ1v) is 10.3. The van der Waals surface area contributed by atoms with Crippen molar-refractivity contribution in [2.24, 2.45) is 4.99 Å². The molecule has 0 aliphatic rings. The quantitative estimate of drug-likeness (QED) is 0.210. The monoisotopic (exact) mass is 517 g/mol. The third-order valence-electron chi connectivity index (χ3n) is 4.19. The molecule has 0 saturated carbocycles. The molecule has 1 unspecified atom stereocenters. The summed E-state index contributed by atoms with van der Waals surface area (Å²) in [5.74, 6) is 2.13. The molecule has 1 heterocycles. The summed E-state index contributed by atoms with van der Waals surface area (Å²) in [5, 5.41) is 8.90. The third-order valence-corrected chi connectivity index (χ3v) is 5.29. The summed E-state index contributed by atoms with van der Waals surface area (Å²) in [6, 6.07) is 10.5. The highest BCUT2D eigenvalue weighted by molar-refractivity contribution is 14.0. The van der Waals surface area contributed by atoms with E-state index in [1.165, 1.54) is 10.4 Å². The van der Waals surface area contributed by atoms with Crippen molar-refractivity contribution < 1.29 is 9.47 Å². The van der Waals surface area contributed by atoms with Gasteiger partial charge in [0.15, 0.2) is 5.96 Å². The molecule has 0 aliphatic heterocycles. The Morgan fingerprint density at radius 2 is 2.04 bits per heavy atom. The van der Waals surface area contributed by atoms with Crippen LogP contribution in [-0.2, 0) is 11.3 Å². The van der Waals surface area contributed by atoms with Crippen LogP contribution in [0.15, 0.2) is 40.7 Å². The van der Waals surface area contributed by atoms with Crippen molar-refractivity contribution >= 4 is 41.3 Å². The second-order valence-corrected chi connectivity index (χ2v) is 7.36. The van der Waals surface area contributed by atoms with Crippen LogP contribution in [-0.4, -0.2) is 39.4 Å². The van der Waals surface area contributed by atoms with Crippen molar-refractivity contribution in [1.82, 2.24) is 10.6 Å². The number of hydrogen-bond acceptors (Lipinski definition) is 4. The summed E-state index contributed by atoms with van der Waals surface area (Å²) >= 11 is 1.79. The average molecular weight is 517 g/mol. The lowest BCUT2D eigenvalue weighted by Crippen LogP contribution is -2.38. The molecular formula is C21H32IN3O2S. The molecular weight excluding hydrogens is 485 g/mol. The normalized spacial score (nSPS) is 12.2. The number of halogens is 1. The van der Waals surface area contributed by atoms with E-state index in [2.05, 4.69) is 65.2 Å². The standard InChI is InChI=1S/C21H31N3O2S.HI/c1-5-25-10-11-26-19-13-16(2)8-9-18(19)15-24-21(22-4)23-14-17(3)20-7-6-12-27-20;/h6-9,12-13,17H,5,10-11,14-15H2,1-4H3,(H2,22,23,24);1H. The van der Waals surface area contributed by atoms with E-state index in [9.17, 15) is 0 Å². The summed E-state index contributed by atoms with van der Waals surface area (Å²) in [6.07, 6.45) is 0. The van der Waals surface area contributed by atoms with Gasteiger partial charge in [0.1, 0.15) is 12.4 Å². The minimum Gasteiger partial charge on any atom is -0.491 e. The maximum Gasteiger partial charge on any atom is 0.191 e. The maximum absolute atomic E-state index is 5.91. The lowest BCUT2D eigenvalue weighted by atomic mass is 10.1. The molecule has 1 aromatic carbocycles. The molecule has 0 amide bonds. The Kier molecular flexibility index (Phi) is 12.2. The molecule has 2 N–H and O–H groups in total. The van der Waals surface area contributed by atoms with Gasteiger partial charge >= 0.3 is 0 Å². The Morgan fingerprint density at radius 1 is 1.21 bits per heavy atom. The van der Waals surface area contributed by atoms with Crippen molar-refractivity contribution in [3.63, 3.8) is 0 Å². The van der Waals surface area contributed by atoms with Gasteiger partial charge in [0.25, 0.3) is 0 Å². The lowest BCUT2D eigenvalue weighted by molar-refractivity contribution is 0.110. The van der Waals surface area contributed by atoms with E-state index in [0.29, 0.717) is 32.3 Å². The molecule has 7 heteroatoms. The largest absolute Gasteiger partial charge is 0.491 e. The smallest absolute Gasteiger partial charge is 0.191 e. The van der Waals surface area contributed by atoms with Crippen LogP contribution in [0.4, 0.5) is 0 Å². The van der Waals surface area contributed by atoms with E-state index >= 15 is 0 Å². The average Bonchev–Trinajstić information content (AvgIpc) is 3.21. The van der Waals surface area contributed by atoms with Crippen LogP contribution in [0.5, 0.6) is 5.75 Å². The molecule has 2 rings (SSSR count). The van der Waals surface area contributed by atoms with Crippen LogP contribution in [0.3, 0.4) is 0 Å². The first-order chi connectivity index (χ1) is 13.1. The number of benzene rings is 1. The minimum atomic E-state index is 0. The highest BCUT2D eigenvalue weighted by Gasteiger charge is 2.09. The van der Waals surface area contributed by atoms with Crippen LogP contribution in [0.1, 0.15) is 35.8 Å². The number of nitrogens with zero attached hydrogens (tertiary/aromatic N) is 1. The molecule has 0 aliphatic carbocycles. The fourth-order valence-corrected chi connectivity index (χ4v) is 3.41. The zero-order valence-electron chi connectivity index (χ0n) is 17.2. The van der Waals surface area contributed by atoms with E-state index in [0.717, 1.165) is 23.8 Å². The third kappa shape index (κ3) is 8.36. The van der Waals surface area contributed by atoms with Gasteiger partial charge in [-0.3, -0.25) is 4.99 Å². The highest BCUT2D eigenvalue weighted by atomic mass is 127. The van der Waals surface area contributed by atoms with Gasteiger partial charge in [-0.2, -0.15) is 0 Å². The summed E-state index contributed by atoms with van der Waals surface area (Å²) in [6.45, 7) is 9.62. The van der Waals surface area contributed by atoms with Crippen LogP contribution < -0.4 is 15.4 Å². The lowest BCUT2D eigenvalue weighted by Gasteiger charge is -2.17. The molecule has 0 fully saturated rings. The first kappa shape index (κ1) is 24.7. The molecule has 2 aromatic rings. The topological polar surface area (TPSA) is 54.9 Å². The Bertz CT molecular complexity index is 708. The second-order valence-electron chi connectivity index (χ2n) is 6.38. The van der Waals surface area contributed by atoms with Crippen LogP contribution >= 0.6 is 35.3 Å². The van der Waals surface area contributed by atoms with Crippen LogP contribution in [0.25, 0.3) is 0 Å². The van der Waals surface area contributed by atoms with E-state index in [-0.39, 0.29) is 24.0 Å². The van der Waals surface area contributed by atoms with Crippen molar-refractivity contribution in [3.8, 4) is 5.75 Å². The van der Waals surface area contributed by atoms with E-state index in [4.69, 9.17) is 9.47 Å². The van der Waals surface area contributed by atoms with Crippen molar-refractivity contribution in [2.75, 3.05) is 33.4 Å². The molecule has 5 nitrogen and oxygen atoms in total. The van der Waals surface area contributed by atoms with E-state index in [1.807, 2.05) is 6.92 Å². The molecule has 1 atom stereocenters. The summed E-state index contributed by atoms with van der Waals surface area (Å²) in [4.78, 5) is 5.70. The molecule has 0 bridgehead atoms. The second kappa shape index (κ2) is 13.8. The number of nitrogens with one attached hydrogen (secondary N) is 2. The number of thiophene rings is 1. The molecule has 0 radical (unpaired) electrons. The SMILES string of the molecule is CCOCCOc1cc(C)ccc1CNC(=NC)NCC(C)c1cccs1.I. The zero-order chi connectivity index (χ0) is 19.5. The van der Waals surface area contributed by atoms with Gasteiger partial charge in [0, 0.05) is 43.1 Å². The molecule has 1 aromatic heterocycles. The van der Waals surface area contributed by atoms with Crippen molar-refractivity contribution in [1.29, 1.82) is 0 Å². The number of aryl methyl sites for hydroxylation is 1. The van der Waals surface area contributed by atoms with Gasteiger partial charge in [0.2, 0.25) is 0 Å². The Morgan fingerprint density at radius 3 is 2.71 bits per heavy atom. The predicted molar refractivity (Wildman–Crippen MR) is 130 cm³/mol. The number of hydrogen-bond donors (Lipinski definition) is 2. The van der Waals surface area contributed by atoms with Gasteiger partial charge in [-0.05, 0) is 36.9 Å². The number of rotatable bonds is 10. The Balaban J connectivity index is 0.00000392. The van der Waals surface area contributed by atoms with E-state index < -0.39 is 0 Å². The van der Waals surface area contributed by atoms with Gasteiger partial charge < -0.3 is 20.1 Å². The van der Waals surface area contributed by atoms with Gasteiger partial charge in [0.05, 0.1) is 6.61 Å². The fourth-order valence-electron chi connectivity index (χ4n) is 2.62. The number of guanidine groups is 1. The van der Waals surface area contributed by atoms with Gasteiger partial charge in [-0.15, -0.1) is 35.3 Å². The highest BCUT2D eigenvalue weighted by Crippen LogP contribution is 2.21. The van der Waals surface area contributed by atoms with Crippen LogP contribution in [0.2, 0.25) is 0 Å². The molecule has 156 valence electrons. The molecule has 0 saturated heterocycles. The summed E-state index contributed by atoms with van der Waals surface area (Å²) in [5.41, 5.74) is 2.28. The molecule has 28 heavy (non-hydrogen) atoms. The van der Waals surface area contributed by atoms with Gasteiger partial charge in [-0.1, -0.05) is 25.1 Å². The fraction of sp³-hybridized carbons (Fsp3) is 0.476. The molecule has 0 spiro atoms. The number of ether oxygens (including phenoxy) is 2. The van der Waals surface area contributed by atoms with Gasteiger partial charge in [-0.25, -0.2) is 0 Å². The van der Waals surface area contributed by atoms with E-state index in [1.54, 1.807) is 18.4 Å². The Hall–Kier alpha value is -1.32. The first-order valence-electron chi connectivity index (χ1n) is 9.42. The Labute approximate surface area is 190 Å². The number of aliphatic imine (C=N–C) groups is 1. The zero-order valence-corrected chi connectivity index (χ0v) is 20.3. The summed E-state index contributed by atoms with van der Waals surface area (Å²) in [7, 11) is 1.79.